The van der Waals surface area contributed by atoms with Gasteiger partial charge in [-0.25, -0.2) is 4.98 Å². The molecule has 2 heterocycles. The highest BCUT2D eigenvalue weighted by atomic mass is 32.2. The van der Waals surface area contributed by atoms with E-state index >= 15 is 0 Å². The van der Waals surface area contributed by atoms with E-state index in [0.717, 1.165) is 60.8 Å². The number of benzene rings is 1. The van der Waals surface area contributed by atoms with Gasteiger partial charge in [0.05, 0.1) is 22.3 Å². The predicted molar refractivity (Wildman–Crippen MR) is 124 cm³/mol. The highest BCUT2D eigenvalue weighted by molar-refractivity contribution is 7.90. The van der Waals surface area contributed by atoms with Crippen LogP contribution in [0.5, 0.6) is 0 Å². The van der Waals surface area contributed by atoms with E-state index in [1.807, 2.05) is 16.5 Å². The van der Waals surface area contributed by atoms with E-state index in [9.17, 15) is 13.2 Å². The molecule has 0 saturated carbocycles. The molecule has 1 saturated heterocycles. The van der Waals surface area contributed by atoms with E-state index < -0.39 is 10.2 Å². The second-order valence-electron chi connectivity index (χ2n) is 9.03. The zero-order valence-corrected chi connectivity index (χ0v) is 20.1. The fourth-order valence-corrected chi connectivity index (χ4v) is 4.63. The van der Waals surface area contributed by atoms with Gasteiger partial charge in [0.1, 0.15) is 5.82 Å². The minimum atomic E-state index is -3.70. The number of carbonyl (C=O) groups excluding carboxylic acids is 1. The molecular formula is C22H35N5O3S. The zero-order chi connectivity index (χ0) is 22.8. The minimum absolute atomic E-state index is 0.0584. The van der Waals surface area contributed by atoms with Gasteiger partial charge >= 0.3 is 10.2 Å². The first kappa shape index (κ1) is 23.5. The molecule has 3 rings (SSSR count). The number of hydrogen-bond acceptors (Lipinski definition) is 4. The average Bonchev–Trinajstić information content (AvgIpc) is 2.94. The van der Waals surface area contributed by atoms with Gasteiger partial charge in [0.2, 0.25) is 0 Å². The monoisotopic (exact) mass is 449 g/mol. The van der Waals surface area contributed by atoms with Crippen LogP contribution in [0.15, 0.2) is 12.1 Å². The summed E-state index contributed by atoms with van der Waals surface area (Å²) in [5, 5.41) is 0. The number of aryl methyl sites for hydroxylation is 1. The molecule has 0 radical (unpaired) electrons. The molecule has 8 nitrogen and oxygen atoms in total. The van der Waals surface area contributed by atoms with Crippen LogP contribution in [0, 0.1) is 5.92 Å². The Morgan fingerprint density at radius 3 is 2.32 bits per heavy atom. The third-order valence-electron chi connectivity index (χ3n) is 5.75. The molecule has 1 aliphatic rings. The highest BCUT2D eigenvalue weighted by Crippen LogP contribution is 2.28. The Morgan fingerprint density at radius 1 is 1.13 bits per heavy atom. The van der Waals surface area contributed by atoms with Crippen LogP contribution in [0.25, 0.3) is 11.0 Å². The standard InChI is InChI=1S/C22H35N5O3S/c1-16(2)13-20-23-19-15-17(24-31(29,30)25(3)4)14-18(21(19)26(20)5)22(28)27-11-9-7-6-8-10-12-27/h14-16,24H,6-13H2,1-5H3. The maximum absolute atomic E-state index is 13.6. The summed E-state index contributed by atoms with van der Waals surface area (Å²) in [5.74, 6) is 1.24. The molecule has 0 unspecified atom stereocenters. The van der Waals surface area contributed by atoms with Crippen molar-refractivity contribution in [2.45, 2.75) is 52.4 Å². The summed E-state index contributed by atoms with van der Waals surface area (Å²) in [6.45, 7) is 5.71. The van der Waals surface area contributed by atoms with Gasteiger partial charge < -0.3 is 9.47 Å². The Labute approximate surface area is 185 Å². The van der Waals surface area contributed by atoms with Crippen molar-refractivity contribution in [3.8, 4) is 0 Å². The molecule has 0 bridgehead atoms. The van der Waals surface area contributed by atoms with Gasteiger partial charge in [-0.2, -0.15) is 12.7 Å². The van der Waals surface area contributed by atoms with Gasteiger partial charge in [-0.3, -0.25) is 9.52 Å². The van der Waals surface area contributed by atoms with E-state index in [-0.39, 0.29) is 5.91 Å². The van der Waals surface area contributed by atoms with Gasteiger partial charge in [0.25, 0.3) is 5.91 Å². The number of hydrogen-bond donors (Lipinski definition) is 1. The number of nitrogens with zero attached hydrogens (tertiary/aromatic N) is 4. The minimum Gasteiger partial charge on any atom is -0.339 e. The van der Waals surface area contributed by atoms with Crippen molar-refractivity contribution in [3.63, 3.8) is 0 Å². The smallest absolute Gasteiger partial charge is 0.301 e. The molecule has 9 heteroatoms. The third kappa shape index (κ3) is 5.38. The van der Waals surface area contributed by atoms with Crippen LogP contribution in [0.2, 0.25) is 0 Å². The molecule has 1 aromatic carbocycles. The van der Waals surface area contributed by atoms with Crippen LogP contribution in [0.4, 0.5) is 5.69 Å². The number of rotatable bonds is 6. The van der Waals surface area contributed by atoms with Gasteiger partial charge in [-0.05, 0) is 30.9 Å². The van der Waals surface area contributed by atoms with Crippen molar-refractivity contribution in [1.82, 2.24) is 18.8 Å². The van der Waals surface area contributed by atoms with E-state index in [1.165, 1.54) is 20.5 Å². The Hall–Kier alpha value is -2.13. The van der Waals surface area contributed by atoms with Crippen LogP contribution in [-0.4, -0.2) is 60.3 Å². The summed E-state index contributed by atoms with van der Waals surface area (Å²) >= 11 is 0. The number of carbonyl (C=O) groups is 1. The summed E-state index contributed by atoms with van der Waals surface area (Å²) in [7, 11) is 1.17. The number of imidazole rings is 1. The lowest BCUT2D eigenvalue weighted by Crippen LogP contribution is -2.34. The van der Waals surface area contributed by atoms with Crippen LogP contribution in [0.3, 0.4) is 0 Å². The van der Waals surface area contributed by atoms with Gasteiger partial charge in [0.15, 0.2) is 0 Å². The Morgan fingerprint density at radius 2 is 1.74 bits per heavy atom. The van der Waals surface area contributed by atoms with Crippen LogP contribution in [0.1, 0.15) is 62.1 Å². The summed E-state index contributed by atoms with van der Waals surface area (Å²) < 4.78 is 30.5. The maximum Gasteiger partial charge on any atom is 0.301 e. The van der Waals surface area contributed by atoms with Gasteiger partial charge in [-0.1, -0.05) is 33.1 Å². The van der Waals surface area contributed by atoms with Crippen molar-refractivity contribution >= 4 is 32.8 Å². The van der Waals surface area contributed by atoms with Gasteiger partial charge in [0, 0.05) is 40.7 Å². The first-order chi connectivity index (χ1) is 14.6. The van der Waals surface area contributed by atoms with E-state index in [2.05, 4.69) is 18.6 Å². The Kier molecular flexibility index (Phi) is 7.26. The van der Waals surface area contributed by atoms with Crippen molar-refractivity contribution in [2.75, 3.05) is 31.9 Å². The summed E-state index contributed by atoms with van der Waals surface area (Å²) in [6.07, 6.45) is 6.24. The van der Waals surface area contributed by atoms with E-state index in [1.54, 1.807) is 12.1 Å². The molecule has 0 atom stereocenters. The number of likely N-dealkylation sites (tertiary alicyclic amines) is 1. The SMILES string of the molecule is CC(C)Cc1nc2cc(NS(=O)(=O)N(C)C)cc(C(=O)N3CCCCCCC3)c2n1C. The number of nitrogens with one attached hydrogen (secondary N) is 1. The largest absolute Gasteiger partial charge is 0.339 e. The van der Waals surface area contributed by atoms with Crippen molar-refractivity contribution < 1.29 is 13.2 Å². The molecule has 1 N–H and O–H groups in total. The fourth-order valence-electron chi connectivity index (χ4n) is 4.03. The third-order valence-corrected chi connectivity index (χ3v) is 7.21. The number of fused-ring (bicyclic) bond motifs is 1. The van der Waals surface area contributed by atoms with Crippen molar-refractivity contribution in [2.24, 2.45) is 13.0 Å². The Balaban J connectivity index is 2.11. The fraction of sp³-hybridized carbons (Fsp3) is 0.636. The normalized spacial score (nSPS) is 16.0. The van der Waals surface area contributed by atoms with Crippen LogP contribution in [-0.2, 0) is 23.7 Å². The molecule has 1 fully saturated rings. The molecule has 172 valence electrons. The van der Waals surface area contributed by atoms with Crippen molar-refractivity contribution in [1.29, 1.82) is 0 Å². The maximum atomic E-state index is 13.6. The number of anilines is 1. The summed E-state index contributed by atoms with van der Waals surface area (Å²) in [5.41, 5.74) is 2.24. The second-order valence-corrected chi connectivity index (χ2v) is 10.9. The second kappa shape index (κ2) is 9.56. The quantitative estimate of drug-likeness (QED) is 0.732. The molecular weight excluding hydrogens is 414 g/mol. The lowest BCUT2D eigenvalue weighted by molar-refractivity contribution is 0.0744. The molecule has 31 heavy (non-hydrogen) atoms. The predicted octanol–water partition coefficient (Wildman–Crippen LogP) is 3.40. The first-order valence-corrected chi connectivity index (χ1v) is 12.5. The Bertz CT molecular complexity index is 1040. The topological polar surface area (TPSA) is 87.5 Å². The van der Waals surface area contributed by atoms with Crippen molar-refractivity contribution in [3.05, 3.63) is 23.5 Å². The zero-order valence-electron chi connectivity index (χ0n) is 19.3. The highest BCUT2D eigenvalue weighted by Gasteiger charge is 2.24. The molecule has 0 aliphatic carbocycles. The first-order valence-electron chi connectivity index (χ1n) is 11.1. The number of aromatic nitrogens is 2. The number of amides is 1. The molecule has 1 aliphatic heterocycles. The van der Waals surface area contributed by atoms with Crippen LogP contribution >= 0.6 is 0 Å². The molecule has 1 amide bonds. The average molecular weight is 450 g/mol. The lowest BCUT2D eigenvalue weighted by atomic mass is 10.1. The van der Waals surface area contributed by atoms with E-state index in [0.29, 0.717) is 22.7 Å². The van der Waals surface area contributed by atoms with E-state index in [4.69, 9.17) is 4.98 Å². The molecule has 2 aromatic rings. The van der Waals surface area contributed by atoms with Gasteiger partial charge in [-0.15, -0.1) is 0 Å². The molecule has 1 aromatic heterocycles. The lowest BCUT2D eigenvalue weighted by Gasteiger charge is -2.25. The summed E-state index contributed by atoms with van der Waals surface area (Å²) in [6, 6.07) is 3.37. The summed E-state index contributed by atoms with van der Waals surface area (Å²) in [4.78, 5) is 20.3. The molecule has 0 spiro atoms. The van der Waals surface area contributed by atoms with Crippen LogP contribution < -0.4 is 4.72 Å².